The van der Waals surface area contributed by atoms with Gasteiger partial charge in [-0.15, -0.1) is 0 Å². The first-order valence-corrected chi connectivity index (χ1v) is 12.5. The Balaban J connectivity index is 1.62. The van der Waals surface area contributed by atoms with Gasteiger partial charge in [0.15, 0.2) is 0 Å². The van der Waals surface area contributed by atoms with Gasteiger partial charge >= 0.3 is 11.9 Å². The maximum absolute atomic E-state index is 12.4. The second-order valence-electron chi connectivity index (χ2n) is 12.8. The van der Waals surface area contributed by atoms with Crippen LogP contribution in [0.1, 0.15) is 86.5 Å². The average molecular weight is 429 g/mol. The van der Waals surface area contributed by atoms with Crippen molar-refractivity contribution in [1.29, 1.82) is 0 Å². The molecule has 1 aliphatic heterocycles. The minimum absolute atomic E-state index is 0.0363. The Morgan fingerprint density at radius 2 is 1.74 bits per heavy atom. The fraction of sp³-hybridized carbons (Fsp3) is 0.852. The van der Waals surface area contributed by atoms with Crippen molar-refractivity contribution in [2.45, 2.75) is 92.6 Å². The van der Waals surface area contributed by atoms with E-state index in [4.69, 9.17) is 9.47 Å². The van der Waals surface area contributed by atoms with Gasteiger partial charge in [-0.1, -0.05) is 47.1 Å². The Bertz CT molecular complexity index is 842. The first-order chi connectivity index (χ1) is 14.4. The van der Waals surface area contributed by atoms with Gasteiger partial charge in [0.25, 0.3) is 0 Å². The zero-order valence-corrected chi connectivity index (χ0v) is 20.3. The number of esters is 2. The number of allylic oxidation sites excluding steroid dienone is 1. The van der Waals surface area contributed by atoms with Crippen LogP contribution in [-0.2, 0) is 19.1 Å². The van der Waals surface area contributed by atoms with Crippen molar-refractivity contribution in [3.63, 3.8) is 0 Å². The van der Waals surface area contributed by atoms with Gasteiger partial charge in [-0.3, -0.25) is 4.79 Å². The summed E-state index contributed by atoms with van der Waals surface area (Å²) in [5.41, 5.74) is 1.42. The summed E-state index contributed by atoms with van der Waals surface area (Å²) in [6, 6.07) is 0. The van der Waals surface area contributed by atoms with Crippen molar-refractivity contribution >= 4 is 11.9 Å². The molecule has 0 bridgehead atoms. The third kappa shape index (κ3) is 2.72. The molecule has 0 aromatic heterocycles. The van der Waals surface area contributed by atoms with Gasteiger partial charge in [0, 0.05) is 23.8 Å². The van der Waals surface area contributed by atoms with Crippen LogP contribution in [0.15, 0.2) is 11.6 Å². The van der Waals surface area contributed by atoms with Crippen LogP contribution in [0.25, 0.3) is 0 Å². The number of carbonyl (C=O) groups is 2. The first kappa shape index (κ1) is 21.5. The molecule has 5 rings (SSSR count). The van der Waals surface area contributed by atoms with Gasteiger partial charge in [-0.05, 0) is 72.5 Å². The molecule has 0 spiro atoms. The number of rotatable bonds is 1. The Hall–Kier alpha value is -1.32. The van der Waals surface area contributed by atoms with Crippen LogP contribution < -0.4 is 0 Å². The molecule has 4 fully saturated rings. The Kier molecular flexibility index (Phi) is 4.59. The largest absolute Gasteiger partial charge is 0.462 e. The molecule has 0 radical (unpaired) electrons. The van der Waals surface area contributed by atoms with Crippen LogP contribution >= 0.6 is 0 Å². The lowest BCUT2D eigenvalue weighted by atomic mass is 9.35. The van der Waals surface area contributed by atoms with E-state index >= 15 is 0 Å². The zero-order chi connectivity index (χ0) is 22.4. The van der Waals surface area contributed by atoms with Gasteiger partial charge < -0.3 is 9.47 Å². The molecule has 0 N–H and O–H groups in total. The minimum Gasteiger partial charge on any atom is -0.462 e. The smallest absolute Gasteiger partial charge is 0.334 e. The number of hydrogen-bond acceptors (Lipinski definition) is 4. The molecule has 0 aromatic carbocycles. The lowest BCUT2D eigenvalue weighted by Crippen LogP contribution is -2.66. The molecular formula is C27H40O4. The molecule has 1 heterocycles. The topological polar surface area (TPSA) is 52.6 Å². The lowest BCUT2D eigenvalue weighted by Gasteiger charge is -2.70. The van der Waals surface area contributed by atoms with E-state index < -0.39 is 0 Å². The van der Waals surface area contributed by atoms with E-state index in [1.807, 2.05) is 0 Å². The summed E-state index contributed by atoms with van der Waals surface area (Å²) in [6.07, 6.45) is 10.2. The van der Waals surface area contributed by atoms with Crippen LogP contribution in [0.3, 0.4) is 0 Å². The summed E-state index contributed by atoms with van der Waals surface area (Å²) >= 11 is 0. The Labute approximate surface area is 187 Å². The van der Waals surface area contributed by atoms with Crippen LogP contribution in [-0.4, -0.2) is 24.6 Å². The predicted octanol–water partition coefficient (Wildman–Crippen LogP) is 5.70. The van der Waals surface area contributed by atoms with E-state index in [2.05, 4.69) is 40.7 Å². The molecule has 4 aliphatic carbocycles. The second kappa shape index (κ2) is 6.60. The maximum Gasteiger partial charge on any atom is 0.334 e. The molecule has 4 nitrogen and oxygen atoms in total. The van der Waals surface area contributed by atoms with Crippen LogP contribution in [0.4, 0.5) is 0 Å². The summed E-state index contributed by atoms with van der Waals surface area (Å²) in [7, 11) is 0. The normalized spacial score (nSPS) is 50.2. The highest BCUT2D eigenvalue weighted by Crippen LogP contribution is 2.73. The van der Waals surface area contributed by atoms with Crippen molar-refractivity contribution in [1.82, 2.24) is 0 Å². The zero-order valence-electron chi connectivity index (χ0n) is 20.3. The van der Waals surface area contributed by atoms with E-state index in [1.54, 1.807) is 0 Å². The SMILES string of the molecule is CC(=O)O[C@@H]1C[C@@H]2[C@@]3(C)CCCC(C)(C)[C@@H]3CC[C@@]2(C)[C@@H]2CC=C3C(=O)OC[C@@H]3[C@@]12C. The molecular weight excluding hydrogens is 388 g/mol. The molecule has 0 unspecified atom stereocenters. The third-order valence-corrected chi connectivity index (χ3v) is 11.2. The summed E-state index contributed by atoms with van der Waals surface area (Å²) in [5.74, 6) is 1.33. The van der Waals surface area contributed by atoms with Gasteiger partial charge in [-0.2, -0.15) is 0 Å². The molecule has 0 aromatic rings. The van der Waals surface area contributed by atoms with Crippen LogP contribution in [0.2, 0.25) is 0 Å². The third-order valence-electron chi connectivity index (χ3n) is 11.2. The first-order valence-electron chi connectivity index (χ1n) is 12.5. The van der Waals surface area contributed by atoms with Crippen molar-refractivity contribution in [2.24, 2.45) is 45.3 Å². The highest BCUT2D eigenvalue weighted by molar-refractivity contribution is 5.91. The number of fused-ring (bicyclic) bond motifs is 7. The number of hydrogen-bond donors (Lipinski definition) is 0. The average Bonchev–Trinajstić information content (AvgIpc) is 3.04. The van der Waals surface area contributed by atoms with Gasteiger partial charge in [0.05, 0.1) is 6.61 Å². The number of carbonyl (C=O) groups excluding carboxylic acids is 2. The summed E-state index contributed by atoms with van der Waals surface area (Å²) in [4.78, 5) is 24.7. The van der Waals surface area contributed by atoms with Crippen molar-refractivity contribution in [3.8, 4) is 0 Å². The van der Waals surface area contributed by atoms with Crippen molar-refractivity contribution in [2.75, 3.05) is 6.61 Å². The number of cyclic esters (lactones) is 1. The molecule has 172 valence electrons. The maximum atomic E-state index is 12.4. The highest BCUT2D eigenvalue weighted by atomic mass is 16.5. The molecule has 0 amide bonds. The molecule has 31 heavy (non-hydrogen) atoms. The standard InChI is InChI=1S/C27H40O4/c1-16(28)31-22-14-21-25(4)12-7-11-24(2,3)19(25)10-13-26(21,5)20-9-8-17-18(27(20,22)6)15-30-23(17)29/h8,18-22H,7,9-15H2,1-6H3/t18-,19-,20-,21+,22+,25-,26-,27+/m0/s1. The van der Waals surface area contributed by atoms with E-state index in [9.17, 15) is 9.59 Å². The van der Waals surface area contributed by atoms with Gasteiger partial charge in [-0.25, -0.2) is 4.79 Å². The predicted molar refractivity (Wildman–Crippen MR) is 119 cm³/mol. The molecule has 5 aliphatic rings. The van der Waals surface area contributed by atoms with Gasteiger partial charge in [0.2, 0.25) is 0 Å². The minimum atomic E-state index is -0.249. The lowest BCUT2D eigenvalue weighted by molar-refractivity contribution is -0.240. The molecule has 4 heteroatoms. The summed E-state index contributed by atoms with van der Waals surface area (Å²) < 4.78 is 11.7. The fourth-order valence-electron chi connectivity index (χ4n) is 9.87. The van der Waals surface area contributed by atoms with E-state index in [0.717, 1.165) is 24.3 Å². The molecule has 8 atom stereocenters. The van der Waals surface area contributed by atoms with Crippen molar-refractivity contribution in [3.05, 3.63) is 11.6 Å². The quantitative estimate of drug-likeness (QED) is 0.503. The summed E-state index contributed by atoms with van der Waals surface area (Å²) in [6.45, 7) is 14.3. The van der Waals surface area contributed by atoms with E-state index in [1.165, 1.54) is 39.0 Å². The van der Waals surface area contributed by atoms with Crippen LogP contribution in [0, 0.1) is 45.3 Å². The van der Waals surface area contributed by atoms with E-state index in [0.29, 0.717) is 23.9 Å². The fourth-order valence-corrected chi connectivity index (χ4v) is 9.87. The molecule has 1 saturated heterocycles. The van der Waals surface area contributed by atoms with Crippen LogP contribution in [0.5, 0.6) is 0 Å². The monoisotopic (exact) mass is 428 g/mol. The number of ether oxygens (including phenoxy) is 2. The van der Waals surface area contributed by atoms with Crippen molar-refractivity contribution < 1.29 is 19.1 Å². The molecule has 3 saturated carbocycles. The van der Waals surface area contributed by atoms with Gasteiger partial charge in [0.1, 0.15) is 6.10 Å². The van der Waals surface area contributed by atoms with E-state index in [-0.39, 0.29) is 40.2 Å². The summed E-state index contributed by atoms with van der Waals surface area (Å²) in [5, 5.41) is 0. The second-order valence-corrected chi connectivity index (χ2v) is 12.8. The highest BCUT2D eigenvalue weighted by Gasteiger charge is 2.69. The Morgan fingerprint density at radius 3 is 2.45 bits per heavy atom. The Morgan fingerprint density at radius 1 is 1.03 bits per heavy atom.